The summed E-state index contributed by atoms with van der Waals surface area (Å²) in [4.78, 5) is 2.56. The van der Waals surface area contributed by atoms with Crippen LogP contribution in [0.3, 0.4) is 0 Å². The van der Waals surface area contributed by atoms with Crippen LogP contribution in [-0.2, 0) is 6.54 Å². The van der Waals surface area contributed by atoms with E-state index in [0.717, 1.165) is 37.7 Å². The van der Waals surface area contributed by atoms with Crippen LogP contribution < -0.4 is 20.3 Å². The first-order valence-corrected chi connectivity index (χ1v) is 11.7. The molecule has 0 bridgehead atoms. The second-order valence-electron chi connectivity index (χ2n) is 9.07. The van der Waals surface area contributed by atoms with Crippen LogP contribution in [0.25, 0.3) is 10.8 Å². The summed E-state index contributed by atoms with van der Waals surface area (Å²) >= 11 is 0. The van der Waals surface area contributed by atoms with Crippen molar-refractivity contribution in [1.29, 1.82) is 0 Å². The van der Waals surface area contributed by atoms with Crippen LogP contribution >= 0.6 is 0 Å². The predicted octanol–water partition coefficient (Wildman–Crippen LogP) is 4.33. The fourth-order valence-electron chi connectivity index (χ4n) is 5.43. The summed E-state index contributed by atoms with van der Waals surface area (Å²) in [6.45, 7) is 4.20. The molecule has 0 amide bonds. The molecule has 0 saturated carbocycles. The average molecular weight is 432 g/mol. The van der Waals surface area contributed by atoms with Gasteiger partial charge in [0.1, 0.15) is 0 Å². The molecule has 2 aliphatic heterocycles. The van der Waals surface area contributed by atoms with E-state index in [-0.39, 0.29) is 0 Å². The van der Waals surface area contributed by atoms with Gasteiger partial charge in [-0.05, 0) is 65.9 Å². The van der Waals surface area contributed by atoms with Crippen molar-refractivity contribution in [2.45, 2.75) is 31.3 Å². The molecule has 2 unspecified atom stereocenters. The molecule has 2 heterocycles. The average Bonchev–Trinajstić information content (AvgIpc) is 3.34. The topological polar surface area (TPSA) is 45.8 Å². The quantitative estimate of drug-likeness (QED) is 0.608. The summed E-state index contributed by atoms with van der Waals surface area (Å²) in [5.74, 6) is 2.79. The highest BCUT2D eigenvalue weighted by Crippen LogP contribution is 2.34. The fourth-order valence-corrected chi connectivity index (χ4v) is 5.43. The predicted molar refractivity (Wildman–Crippen MR) is 129 cm³/mol. The lowest BCUT2D eigenvalue weighted by atomic mass is 9.80. The second kappa shape index (κ2) is 9.49. The van der Waals surface area contributed by atoms with Gasteiger partial charge >= 0.3 is 0 Å². The summed E-state index contributed by atoms with van der Waals surface area (Å²) in [6, 6.07) is 22.4. The van der Waals surface area contributed by atoms with Gasteiger partial charge in [0.25, 0.3) is 0 Å². The number of hydrogen-bond acceptors (Lipinski definition) is 5. The molecular weight excluding hydrogens is 398 g/mol. The van der Waals surface area contributed by atoms with E-state index >= 15 is 0 Å². The third-order valence-corrected chi connectivity index (χ3v) is 7.22. The molecule has 5 heteroatoms. The van der Waals surface area contributed by atoms with Crippen molar-refractivity contribution in [2.75, 3.05) is 33.9 Å². The molecule has 2 saturated heterocycles. The molecule has 168 valence electrons. The summed E-state index contributed by atoms with van der Waals surface area (Å²) in [6.07, 6.45) is 2.44. The third kappa shape index (κ3) is 4.33. The number of nitrogens with zero attached hydrogens (tertiary/aromatic N) is 1. The van der Waals surface area contributed by atoms with Crippen LogP contribution in [0.15, 0.2) is 60.7 Å². The number of hydrogen-bond donors (Lipinski definition) is 2. The van der Waals surface area contributed by atoms with Crippen LogP contribution in [-0.4, -0.2) is 44.8 Å². The SMILES string of the molecule is COc1ccc(CN2CCC(C3NNCC3c3ccc4ccccc4c3)CC2)cc1OC. The van der Waals surface area contributed by atoms with Crippen LogP contribution in [0.4, 0.5) is 0 Å². The van der Waals surface area contributed by atoms with Crippen molar-refractivity contribution in [3.8, 4) is 11.5 Å². The maximum atomic E-state index is 5.47. The first-order valence-electron chi connectivity index (χ1n) is 11.7. The van der Waals surface area contributed by atoms with E-state index in [1.54, 1.807) is 14.2 Å². The Bertz CT molecular complexity index is 1060. The molecular formula is C27H33N3O2. The molecule has 2 atom stereocenters. The molecule has 2 aliphatic rings. The molecule has 5 rings (SSSR count). The van der Waals surface area contributed by atoms with Crippen molar-refractivity contribution >= 4 is 10.8 Å². The van der Waals surface area contributed by atoms with Crippen molar-refractivity contribution in [3.63, 3.8) is 0 Å². The van der Waals surface area contributed by atoms with E-state index in [0.29, 0.717) is 17.9 Å². The Labute approximate surface area is 190 Å². The summed E-state index contributed by atoms with van der Waals surface area (Å²) < 4.78 is 10.8. The first-order chi connectivity index (χ1) is 15.7. The largest absolute Gasteiger partial charge is 0.493 e. The van der Waals surface area contributed by atoms with Gasteiger partial charge in [-0.25, -0.2) is 0 Å². The zero-order valence-electron chi connectivity index (χ0n) is 19.0. The number of nitrogens with one attached hydrogen (secondary N) is 2. The highest BCUT2D eigenvalue weighted by Gasteiger charge is 2.36. The standard InChI is InChI=1S/C27H33N3O2/c1-31-25-10-7-19(15-26(25)32-2)18-30-13-11-21(12-14-30)27-24(17-28-29-27)23-9-8-20-5-3-4-6-22(20)16-23/h3-10,15-16,21,24,27-29H,11-14,17-18H2,1-2H3. The van der Waals surface area contributed by atoms with E-state index in [4.69, 9.17) is 9.47 Å². The van der Waals surface area contributed by atoms with Gasteiger partial charge in [-0.2, -0.15) is 0 Å². The fraction of sp³-hybridized carbons (Fsp3) is 0.407. The number of rotatable bonds is 6. The van der Waals surface area contributed by atoms with Crippen molar-refractivity contribution in [1.82, 2.24) is 15.8 Å². The molecule has 3 aromatic rings. The second-order valence-corrected chi connectivity index (χ2v) is 9.07. The van der Waals surface area contributed by atoms with Crippen LogP contribution in [0.1, 0.15) is 29.9 Å². The Kier molecular flexibility index (Phi) is 6.30. The van der Waals surface area contributed by atoms with Crippen molar-refractivity contribution in [2.24, 2.45) is 5.92 Å². The first kappa shape index (κ1) is 21.3. The molecule has 5 nitrogen and oxygen atoms in total. The maximum Gasteiger partial charge on any atom is 0.161 e. The Balaban J connectivity index is 1.22. The highest BCUT2D eigenvalue weighted by molar-refractivity contribution is 5.83. The maximum absolute atomic E-state index is 5.47. The Hall–Kier alpha value is -2.60. The lowest BCUT2D eigenvalue weighted by Crippen LogP contribution is -2.44. The van der Waals surface area contributed by atoms with E-state index in [9.17, 15) is 0 Å². The number of likely N-dealkylation sites (tertiary alicyclic amines) is 1. The van der Waals surface area contributed by atoms with Crippen molar-refractivity contribution < 1.29 is 9.47 Å². The number of fused-ring (bicyclic) bond motifs is 1. The van der Waals surface area contributed by atoms with Gasteiger partial charge in [-0.1, -0.05) is 48.5 Å². The van der Waals surface area contributed by atoms with E-state index < -0.39 is 0 Å². The molecule has 0 aliphatic carbocycles. The third-order valence-electron chi connectivity index (χ3n) is 7.22. The van der Waals surface area contributed by atoms with E-state index in [1.807, 2.05) is 6.07 Å². The van der Waals surface area contributed by atoms with Gasteiger partial charge < -0.3 is 9.47 Å². The van der Waals surface area contributed by atoms with Crippen molar-refractivity contribution in [3.05, 3.63) is 71.8 Å². The zero-order chi connectivity index (χ0) is 21.9. The van der Waals surface area contributed by atoms with E-state index in [2.05, 4.69) is 70.3 Å². The van der Waals surface area contributed by atoms with Crippen LogP contribution in [0.5, 0.6) is 11.5 Å². The lowest BCUT2D eigenvalue weighted by molar-refractivity contribution is 0.152. The molecule has 2 fully saturated rings. The summed E-state index contributed by atoms with van der Waals surface area (Å²) in [5.41, 5.74) is 9.79. The van der Waals surface area contributed by atoms with Gasteiger partial charge in [-0.15, -0.1) is 0 Å². The normalized spacial score (nSPS) is 22.3. The lowest BCUT2D eigenvalue weighted by Gasteiger charge is -2.36. The van der Waals surface area contributed by atoms with Gasteiger partial charge in [-0.3, -0.25) is 15.8 Å². The smallest absolute Gasteiger partial charge is 0.161 e. The minimum absolute atomic E-state index is 0.486. The Morgan fingerprint density at radius 1 is 0.875 bits per heavy atom. The number of hydrazine groups is 1. The molecule has 0 spiro atoms. The van der Waals surface area contributed by atoms with Gasteiger partial charge in [0.15, 0.2) is 11.5 Å². The molecule has 0 aromatic heterocycles. The van der Waals surface area contributed by atoms with E-state index in [1.165, 1.54) is 34.7 Å². The molecule has 32 heavy (non-hydrogen) atoms. The number of methoxy groups -OCH3 is 2. The summed E-state index contributed by atoms with van der Waals surface area (Å²) in [7, 11) is 3.38. The molecule has 0 radical (unpaired) electrons. The minimum atomic E-state index is 0.486. The van der Waals surface area contributed by atoms with Crippen LogP contribution in [0, 0.1) is 5.92 Å². The molecule has 3 aromatic carbocycles. The van der Waals surface area contributed by atoms with Gasteiger partial charge in [0.2, 0.25) is 0 Å². The van der Waals surface area contributed by atoms with Gasteiger partial charge in [0, 0.05) is 25.0 Å². The molecule has 2 N–H and O–H groups in total. The monoisotopic (exact) mass is 431 g/mol. The minimum Gasteiger partial charge on any atom is -0.493 e. The number of ether oxygens (including phenoxy) is 2. The van der Waals surface area contributed by atoms with Crippen LogP contribution in [0.2, 0.25) is 0 Å². The Morgan fingerprint density at radius 2 is 1.66 bits per heavy atom. The number of benzene rings is 3. The Morgan fingerprint density at radius 3 is 2.44 bits per heavy atom. The number of piperidine rings is 1. The zero-order valence-corrected chi connectivity index (χ0v) is 19.0. The summed E-state index contributed by atoms with van der Waals surface area (Å²) in [5, 5.41) is 2.65. The highest BCUT2D eigenvalue weighted by atomic mass is 16.5. The van der Waals surface area contributed by atoms with Gasteiger partial charge in [0.05, 0.1) is 14.2 Å².